The van der Waals surface area contributed by atoms with E-state index in [-0.39, 0.29) is 24.9 Å². The van der Waals surface area contributed by atoms with Crippen molar-refractivity contribution in [3.05, 3.63) is 20.8 Å². The van der Waals surface area contributed by atoms with Gasteiger partial charge >= 0.3 is 5.97 Å². The van der Waals surface area contributed by atoms with Gasteiger partial charge in [0.25, 0.3) is 5.91 Å². The number of carbonyl (C=O) groups is 2. The summed E-state index contributed by atoms with van der Waals surface area (Å²) in [6, 6.07) is 1.74. The number of halogens is 1. The van der Waals surface area contributed by atoms with E-state index in [1.54, 1.807) is 11.0 Å². The number of thiophene rings is 1. The molecule has 0 atom stereocenters. The largest absolute Gasteiger partial charge is 0.481 e. The topological polar surface area (TPSA) is 57.6 Å². The van der Waals surface area contributed by atoms with Gasteiger partial charge in [-0.25, -0.2) is 0 Å². The third-order valence-electron chi connectivity index (χ3n) is 2.23. The second kappa shape index (κ2) is 6.16. The standard InChI is InChI=1S/C11H14BrNO3S/c1-7(2)13(4-3-10(14)15)11(16)9-5-8(12)6-17-9/h5-7H,3-4H2,1-2H3,(H,14,15). The third kappa shape index (κ3) is 4.12. The summed E-state index contributed by atoms with van der Waals surface area (Å²) in [7, 11) is 0. The van der Waals surface area contributed by atoms with Crippen molar-refractivity contribution in [3.63, 3.8) is 0 Å². The molecule has 0 spiro atoms. The van der Waals surface area contributed by atoms with Crippen molar-refractivity contribution in [2.45, 2.75) is 26.3 Å². The fraction of sp³-hybridized carbons (Fsp3) is 0.455. The van der Waals surface area contributed by atoms with E-state index in [1.165, 1.54) is 11.3 Å². The van der Waals surface area contributed by atoms with Gasteiger partial charge in [0.2, 0.25) is 0 Å². The number of carboxylic acids is 1. The fourth-order valence-electron chi connectivity index (χ4n) is 1.38. The Bertz CT molecular complexity index is 417. The molecule has 1 aromatic heterocycles. The maximum absolute atomic E-state index is 12.1. The average Bonchev–Trinajstić information content (AvgIpc) is 2.63. The molecule has 6 heteroatoms. The number of hydrogen-bond acceptors (Lipinski definition) is 3. The molecule has 0 saturated carbocycles. The molecule has 1 heterocycles. The minimum Gasteiger partial charge on any atom is -0.481 e. The molecule has 0 radical (unpaired) electrons. The number of carbonyl (C=O) groups excluding carboxylic acids is 1. The van der Waals surface area contributed by atoms with E-state index in [9.17, 15) is 9.59 Å². The van der Waals surface area contributed by atoms with Crippen LogP contribution in [0.4, 0.5) is 0 Å². The molecule has 0 saturated heterocycles. The Balaban J connectivity index is 2.77. The van der Waals surface area contributed by atoms with Gasteiger partial charge in [0, 0.05) is 22.4 Å². The van der Waals surface area contributed by atoms with E-state index < -0.39 is 5.97 Å². The van der Waals surface area contributed by atoms with Crippen LogP contribution in [-0.4, -0.2) is 34.5 Å². The predicted molar refractivity (Wildman–Crippen MR) is 70.4 cm³/mol. The van der Waals surface area contributed by atoms with E-state index in [4.69, 9.17) is 5.11 Å². The predicted octanol–water partition coefficient (Wildman–Crippen LogP) is 2.84. The molecule has 0 aliphatic rings. The van der Waals surface area contributed by atoms with Crippen molar-refractivity contribution in [3.8, 4) is 0 Å². The molecule has 0 bridgehead atoms. The highest BCUT2D eigenvalue weighted by molar-refractivity contribution is 9.10. The molecular weight excluding hydrogens is 306 g/mol. The molecule has 17 heavy (non-hydrogen) atoms. The highest BCUT2D eigenvalue weighted by Crippen LogP contribution is 2.22. The Morgan fingerprint density at radius 1 is 1.53 bits per heavy atom. The Kier molecular flexibility index (Phi) is 5.14. The zero-order valence-electron chi connectivity index (χ0n) is 9.64. The Morgan fingerprint density at radius 2 is 2.18 bits per heavy atom. The van der Waals surface area contributed by atoms with Crippen LogP contribution in [-0.2, 0) is 4.79 Å². The molecule has 0 fully saturated rings. The van der Waals surface area contributed by atoms with Gasteiger partial charge in [0.15, 0.2) is 0 Å². The number of amides is 1. The van der Waals surface area contributed by atoms with Crippen LogP contribution in [0.2, 0.25) is 0 Å². The summed E-state index contributed by atoms with van der Waals surface area (Å²) in [5, 5.41) is 10.5. The van der Waals surface area contributed by atoms with E-state index >= 15 is 0 Å². The SMILES string of the molecule is CC(C)N(CCC(=O)O)C(=O)c1cc(Br)cs1. The molecule has 0 aromatic carbocycles. The van der Waals surface area contributed by atoms with Crippen molar-refractivity contribution in [2.24, 2.45) is 0 Å². The first-order valence-electron chi connectivity index (χ1n) is 5.18. The number of nitrogens with zero attached hydrogens (tertiary/aromatic N) is 1. The highest BCUT2D eigenvalue weighted by atomic mass is 79.9. The monoisotopic (exact) mass is 319 g/mol. The smallest absolute Gasteiger partial charge is 0.305 e. The summed E-state index contributed by atoms with van der Waals surface area (Å²) in [5.74, 6) is -1.01. The van der Waals surface area contributed by atoms with Crippen LogP contribution in [0.15, 0.2) is 15.9 Å². The van der Waals surface area contributed by atoms with Crippen LogP contribution in [0.1, 0.15) is 29.9 Å². The Labute approximate surface area is 112 Å². The van der Waals surface area contributed by atoms with E-state index in [1.807, 2.05) is 19.2 Å². The summed E-state index contributed by atoms with van der Waals surface area (Å²) >= 11 is 4.65. The number of hydrogen-bond donors (Lipinski definition) is 1. The Hall–Kier alpha value is -0.880. The maximum atomic E-state index is 12.1. The van der Waals surface area contributed by atoms with Crippen LogP contribution in [0.25, 0.3) is 0 Å². The van der Waals surface area contributed by atoms with Gasteiger partial charge < -0.3 is 10.0 Å². The lowest BCUT2D eigenvalue weighted by Gasteiger charge is -2.25. The van der Waals surface area contributed by atoms with Crippen molar-refractivity contribution in [1.82, 2.24) is 4.90 Å². The zero-order valence-corrected chi connectivity index (χ0v) is 12.0. The normalized spacial score (nSPS) is 10.6. The van der Waals surface area contributed by atoms with Crippen LogP contribution < -0.4 is 0 Å². The lowest BCUT2D eigenvalue weighted by molar-refractivity contribution is -0.137. The van der Waals surface area contributed by atoms with Gasteiger partial charge in [-0.3, -0.25) is 9.59 Å². The van der Waals surface area contributed by atoms with Gasteiger partial charge in [0.1, 0.15) is 0 Å². The minimum atomic E-state index is -0.893. The molecule has 0 aliphatic carbocycles. The summed E-state index contributed by atoms with van der Waals surface area (Å²) < 4.78 is 0.868. The lowest BCUT2D eigenvalue weighted by Crippen LogP contribution is -2.38. The maximum Gasteiger partial charge on any atom is 0.305 e. The molecule has 94 valence electrons. The molecule has 0 unspecified atom stereocenters. The van der Waals surface area contributed by atoms with Crippen molar-refractivity contribution >= 4 is 39.1 Å². The second-order valence-corrected chi connectivity index (χ2v) is 5.69. The first-order valence-corrected chi connectivity index (χ1v) is 6.86. The Morgan fingerprint density at radius 3 is 2.59 bits per heavy atom. The highest BCUT2D eigenvalue weighted by Gasteiger charge is 2.20. The molecule has 1 rings (SSSR count). The summed E-state index contributed by atoms with van der Waals surface area (Å²) in [6.45, 7) is 3.99. The zero-order chi connectivity index (χ0) is 13.0. The van der Waals surface area contributed by atoms with Crippen LogP contribution in [0.3, 0.4) is 0 Å². The molecule has 1 amide bonds. The average molecular weight is 320 g/mol. The molecule has 1 N–H and O–H groups in total. The van der Waals surface area contributed by atoms with Crippen LogP contribution in [0, 0.1) is 0 Å². The number of carboxylic acid groups (broad SMARTS) is 1. The lowest BCUT2D eigenvalue weighted by atomic mass is 10.2. The molecule has 1 aromatic rings. The molecular formula is C11H14BrNO3S. The van der Waals surface area contributed by atoms with Gasteiger partial charge in [-0.2, -0.15) is 0 Å². The minimum absolute atomic E-state index is 0.0114. The summed E-state index contributed by atoms with van der Waals surface area (Å²) in [6.07, 6.45) is -0.0313. The van der Waals surface area contributed by atoms with Gasteiger partial charge in [-0.1, -0.05) is 0 Å². The summed E-state index contributed by atoms with van der Waals surface area (Å²) in [5.41, 5.74) is 0. The van der Waals surface area contributed by atoms with E-state index in [2.05, 4.69) is 15.9 Å². The quantitative estimate of drug-likeness (QED) is 0.907. The van der Waals surface area contributed by atoms with Crippen molar-refractivity contribution < 1.29 is 14.7 Å². The second-order valence-electron chi connectivity index (χ2n) is 3.87. The fourth-order valence-corrected chi connectivity index (χ4v) is 2.76. The third-order valence-corrected chi connectivity index (χ3v) is 3.91. The van der Waals surface area contributed by atoms with Gasteiger partial charge in [-0.15, -0.1) is 11.3 Å². The molecule has 0 aliphatic heterocycles. The van der Waals surface area contributed by atoms with E-state index in [0.717, 1.165) is 4.47 Å². The molecule has 4 nitrogen and oxygen atoms in total. The number of aliphatic carboxylic acids is 1. The van der Waals surface area contributed by atoms with Crippen LogP contribution >= 0.6 is 27.3 Å². The first-order chi connectivity index (χ1) is 7.91. The van der Waals surface area contributed by atoms with Gasteiger partial charge in [0.05, 0.1) is 11.3 Å². The van der Waals surface area contributed by atoms with Gasteiger partial charge in [-0.05, 0) is 35.8 Å². The van der Waals surface area contributed by atoms with Crippen LogP contribution in [0.5, 0.6) is 0 Å². The number of rotatable bonds is 5. The van der Waals surface area contributed by atoms with E-state index in [0.29, 0.717) is 4.88 Å². The first kappa shape index (κ1) is 14.2. The summed E-state index contributed by atoms with van der Waals surface area (Å²) in [4.78, 5) is 24.9. The van der Waals surface area contributed by atoms with Crippen molar-refractivity contribution in [1.29, 1.82) is 0 Å². The van der Waals surface area contributed by atoms with Crippen molar-refractivity contribution in [2.75, 3.05) is 6.54 Å².